The lowest BCUT2D eigenvalue weighted by Crippen LogP contribution is -2.36. The van der Waals surface area contributed by atoms with Crippen LogP contribution < -0.4 is 0 Å². The molecular weight excluding hydrogens is 193 g/mol. The maximum Gasteiger partial charge on any atom is 0.183 e. The van der Waals surface area contributed by atoms with Gasteiger partial charge in [0.15, 0.2) is 5.78 Å². The number of hydrogen-bond donors (Lipinski definition) is 0. The Balaban J connectivity index is 2.33. The third kappa shape index (κ3) is 1.52. The molecule has 0 aliphatic heterocycles. The highest BCUT2D eigenvalue weighted by Crippen LogP contribution is 2.42. The lowest BCUT2D eigenvalue weighted by molar-refractivity contribution is 0.0748. The van der Waals surface area contributed by atoms with E-state index in [1.54, 1.807) is 6.07 Å². The van der Waals surface area contributed by atoms with Crippen LogP contribution in [-0.4, -0.2) is 5.78 Å². The molecule has 2 nitrogen and oxygen atoms in total. The number of benzene rings is 1. The molecule has 15 heavy (non-hydrogen) atoms. The Kier molecular flexibility index (Phi) is 2.28. The van der Waals surface area contributed by atoms with E-state index in [1.807, 2.05) is 0 Å². The Bertz CT molecular complexity index is 443. The standard InChI is InChI=1S/C12H10FNO/c13-10-4-1-3-9(7-10)11(15)12(8-14)5-2-6-12/h1,3-4,7H,2,5-6H2. The Labute approximate surface area is 87.3 Å². The van der Waals surface area contributed by atoms with E-state index < -0.39 is 11.2 Å². The largest absolute Gasteiger partial charge is 0.292 e. The van der Waals surface area contributed by atoms with Gasteiger partial charge in [-0.2, -0.15) is 5.26 Å². The number of Topliss-reactive ketones (excluding diaryl/α,β-unsaturated/α-hetero) is 1. The Morgan fingerprint density at radius 3 is 2.67 bits per heavy atom. The van der Waals surface area contributed by atoms with Gasteiger partial charge in [0.25, 0.3) is 0 Å². The summed E-state index contributed by atoms with van der Waals surface area (Å²) < 4.78 is 12.9. The smallest absolute Gasteiger partial charge is 0.183 e. The molecule has 1 aromatic carbocycles. The first-order chi connectivity index (χ1) is 7.18. The maximum absolute atomic E-state index is 12.9. The van der Waals surface area contributed by atoms with E-state index in [2.05, 4.69) is 6.07 Å². The van der Waals surface area contributed by atoms with Gasteiger partial charge in [-0.1, -0.05) is 12.1 Å². The molecule has 0 atom stereocenters. The van der Waals surface area contributed by atoms with E-state index in [4.69, 9.17) is 5.26 Å². The number of carbonyl (C=O) groups excluding carboxylic acids is 1. The molecule has 1 aromatic rings. The zero-order valence-electron chi connectivity index (χ0n) is 8.16. The molecule has 1 aliphatic carbocycles. The lowest BCUT2D eigenvalue weighted by atomic mass is 9.66. The fraction of sp³-hybridized carbons (Fsp3) is 0.333. The molecule has 0 aromatic heterocycles. The van der Waals surface area contributed by atoms with Gasteiger partial charge in [-0.3, -0.25) is 4.79 Å². The minimum atomic E-state index is -0.881. The van der Waals surface area contributed by atoms with Crippen molar-refractivity contribution in [1.29, 1.82) is 5.26 Å². The van der Waals surface area contributed by atoms with Crippen molar-refractivity contribution in [3.8, 4) is 6.07 Å². The molecule has 2 rings (SSSR count). The van der Waals surface area contributed by atoms with Gasteiger partial charge < -0.3 is 0 Å². The molecule has 0 unspecified atom stereocenters. The molecule has 1 fully saturated rings. The molecule has 0 radical (unpaired) electrons. The number of carbonyl (C=O) groups is 1. The van der Waals surface area contributed by atoms with Crippen LogP contribution in [0.2, 0.25) is 0 Å². The van der Waals surface area contributed by atoms with Crippen molar-refractivity contribution in [3.05, 3.63) is 35.6 Å². The summed E-state index contributed by atoms with van der Waals surface area (Å²) in [6.07, 6.45) is 2.09. The molecule has 76 valence electrons. The fourth-order valence-corrected chi connectivity index (χ4v) is 1.83. The van der Waals surface area contributed by atoms with Gasteiger partial charge in [-0.15, -0.1) is 0 Å². The van der Waals surface area contributed by atoms with Gasteiger partial charge in [0.1, 0.15) is 11.2 Å². The topological polar surface area (TPSA) is 40.9 Å². The van der Waals surface area contributed by atoms with Crippen LogP contribution in [0.3, 0.4) is 0 Å². The predicted molar refractivity (Wildman–Crippen MR) is 52.6 cm³/mol. The van der Waals surface area contributed by atoms with E-state index in [9.17, 15) is 9.18 Å². The quantitative estimate of drug-likeness (QED) is 0.693. The molecule has 0 bridgehead atoms. The summed E-state index contributed by atoms with van der Waals surface area (Å²) in [5.41, 5.74) is -0.579. The number of halogens is 1. The van der Waals surface area contributed by atoms with Gasteiger partial charge in [0, 0.05) is 5.56 Å². The van der Waals surface area contributed by atoms with Crippen LogP contribution in [-0.2, 0) is 0 Å². The van der Waals surface area contributed by atoms with Crippen LogP contribution >= 0.6 is 0 Å². The van der Waals surface area contributed by atoms with Crippen molar-refractivity contribution in [2.45, 2.75) is 19.3 Å². The first kappa shape index (κ1) is 9.85. The van der Waals surface area contributed by atoms with Crippen molar-refractivity contribution in [1.82, 2.24) is 0 Å². The van der Waals surface area contributed by atoms with Crippen LogP contribution in [0.15, 0.2) is 24.3 Å². The first-order valence-electron chi connectivity index (χ1n) is 4.90. The number of ketones is 1. The van der Waals surface area contributed by atoms with Crippen LogP contribution in [0.5, 0.6) is 0 Å². The van der Waals surface area contributed by atoms with E-state index in [0.29, 0.717) is 18.4 Å². The molecule has 0 saturated heterocycles. The SMILES string of the molecule is N#CC1(C(=O)c2cccc(F)c2)CCC1. The second-order valence-electron chi connectivity index (χ2n) is 3.89. The Morgan fingerprint density at radius 2 is 2.20 bits per heavy atom. The third-order valence-electron chi connectivity index (χ3n) is 2.94. The summed E-state index contributed by atoms with van der Waals surface area (Å²) >= 11 is 0. The summed E-state index contributed by atoms with van der Waals surface area (Å²) in [4.78, 5) is 11.9. The molecule has 1 saturated carbocycles. The summed E-state index contributed by atoms with van der Waals surface area (Å²) in [5, 5.41) is 8.97. The molecule has 0 amide bonds. The summed E-state index contributed by atoms with van der Waals surface area (Å²) in [5.74, 6) is -0.677. The normalized spacial score (nSPS) is 17.6. The zero-order valence-corrected chi connectivity index (χ0v) is 8.16. The summed E-state index contributed by atoms with van der Waals surface area (Å²) in [7, 11) is 0. The molecule has 0 spiro atoms. The summed E-state index contributed by atoms with van der Waals surface area (Å²) in [6, 6.07) is 7.59. The predicted octanol–water partition coefficient (Wildman–Crippen LogP) is 2.70. The third-order valence-corrected chi connectivity index (χ3v) is 2.94. The van der Waals surface area contributed by atoms with Crippen LogP contribution in [0.4, 0.5) is 4.39 Å². The average Bonchev–Trinajstić information content (AvgIpc) is 2.17. The van der Waals surface area contributed by atoms with Gasteiger partial charge in [0.05, 0.1) is 6.07 Å². The van der Waals surface area contributed by atoms with E-state index in [-0.39, 0.29) is 5.78 Å². The average molecular weight is 203 g/mol. The summed E-state index contributed by atoms with van der Waals surface area (Å²) in [6.45, 7) is 0. The van der Waals surface area contributed by atoms with E-state index in [1.165, 1.54) is 18.2 Å². The van der Waals surface area contributed by atoms with Crippen molar-refractivity contribution >= 4 is 5.78 Å². The van der Waals surface area contributed by atoms with E-state index >= 15 is 0 Å². The van der Waals surface area contributed by atoms with Crippen molar-refractivity contribution in [2.75, 3.05) is 0 Å². The molecular formula is C12H10FNO. The lowest BCUT2D eigenvalue weighted by Gasteiger charge is -2.33. The van der Waals surface area contributed by atoms with Gasteiger partial charge in [0.2, 0.25) is 0 Å². The van der Waals surface area contributed by atoms with Crippen LogP contribution in [0, 0.1) is 22.6 Å². The minimum absolute atomic E-state index is 0.240. The number of hydrogen-bond acceptors (Lipinski definition) is 2. The Hall–Kier alpha value is -1.69. The highest BCUT2D eigenvalue weighted by Gasteiger charge is 2.44. The van der Waals surface area contributed by atoms with Gasteiger partial charge in [-0.05, 0) is 31.4 Å². The van der Waals surface area contributed by atoms with Crippen LogP contribution in [0.25, 0.3) is 0 Å². The molecule has 1 aliphatic rings. The van der Waals surface area contributed by atoms with Crippen molar-refractivity contribution in [2.24, 2.45) is 5.41 Å². The monoisotopic (exact) mass is 203 g/mol. The first-order valence-corrected chi connectivity index (χ1v) is 4.90. The number of nitriles is 1. The molecule has 0 heterocycles. The minimum Gasteiger partial charge on any atom is -0.292 e. The number of nitrogens with zero attached hydrogens (tertiary/aromatic N) is 1. The second-order valence-corrected chi connectivity index (χ2v) is 3.89. The van der Waals surface area contributed by atoms with Gasteiger partial charge in [-0.25, -0.2) is 4.39 Å². The molecule has 0 N–H and O–H groups in total. The fourth-order valence-electron chi connectivity index (χ4n) is 1.83. The Morgan fingerprint density at radius 1 is 1.47 bits per heavy atom. The second kappa shape index (κ2) is 3.47. The maximum atomic E-state index is 12.9. The molecule has 3 heteroatoms. The zero-order chi connectivity index (χ0) is 10.9. The van der Waals surface area contributed by atoms with Crippen molar-refractivity contribution < 1.29 is 9.18 Å². The van der Waals surface area contributed by atoms with E-state index in [0.717, 1.165) is 6.42 Å². The number of rotatable bonds is 2. The van der Waals surface area contributed by atoms with Crippen LogP contribution in [0.1, 0.15) is 29.6 Å². The highest BCUT2D eigenvalue weighted by molar-refractivity contribution is 6.02. The highest BCUT2D eigenvalue weighted by atomic mass is 19.1. The van der Waals surface area contributed by atoms with Gasteiger partial charge >= 0.3 is 0 Å². The van der Waals surface area contributed by atoms with Crippen molar-refractivity contribution in [3.63, 3.8) is 0 Å².